The minimum absolute atomic E-state index is 0.724. The maximum atomic E-state index is 2.49. The van der Waals surface area contributed by atoms with Crippen molar-refractivity contribution in [3.05, 3.63) is 34.9 Å². The Labute approximate surface area is 116 Å². The number of quaternary nitrogens is 3. The fourth-order valence-corrected chi connectivity index (χ4v) is 3.77. The van der Waals surface area contributed by atoms with E-state index in [9.17, 15) is 0 Å². The first kappa shape index (κ1) is 13.1. The van der Waals surface area contributed by atoms with Crippen LogP contribution < -0.4 is 15.1 Å². The standard InChI is InChI=1S/C16H25N3/c1-3-18-6-8-19(9-7-18)16-12-17-11-14-5-4-13(2)10-15(14)16/h4-5,10,16-17H,3,6-9,11-12H2,1-2H3/p+3/t16-/m0/s1. The lowest BCUT2D eigenvalue weighted by Crippen LogP contribution is -3.28. The summed E-state index contributed by atoms with van der Waals surface area (Å²) in [5.74, 6) is 0. The molecule has 0 aromatic heterocycles. The van der Waals surface area contributed by atoms with Crippen molar-refractivity contribution < 1.29 is 15.1 Å². The third kappa shape index (κ3) is 2.69. The fourth-order valence-electron chi connectivity index (χ4n) is 3.77. The van der Waals surface area contributed by atoms with Gasteiger partial charge in [0.05, 0.1) is 6.54 Å². The first-order valence-corrected chi connectivity index (χ1v) is 7.87. The molecule has 2 heterocycles. The molecule has 1 saturated heterocycles. The minimum Gasteiger partial charge on any atom is -0.337 e. The van der Waals surface area contributed by atoms with Crippen LogP contribution in [0, 0.1) is 6.92 Å². The normalized spacial score (nSPS) is 30.9. The molecule has 104 valence electrons. The molecular weight excluding hydrogens is 234 g/mol. The average molecular weight is 262 g/mol. The van der Waals surface area contributed by atoms with Gasteiger partial charge in [-0.1, -0.05) is 17.7 Å². The molecule has 0 bridgehead atoms. The predicted octanol–water partition coefficient (Wildman–Crippen LogP) is -2.08. The van der Waals surface area contributed by atoms with Crippen LogP contribution in [-0.4, -0.2) is 39.3 Å². The van der Waals surface area contributed by atoms with Crippen LogP contribution in [0.4, 0.5) is 0 Å². The van der Waals surface area contributed by atoms with E-state index in [-0.39, 0.29) is 0 Å². The minimum atomic E-state index is 0.724. The van der Waals surface area contributed by atoms with Gasteiger partial charge in [-0.05, 0) is 19.9 Å². The molecule has 3 nitrogen and oxygen atoms in total. The number of fused-ring (bicyclic) bond motifs is 1. The van der Waals surface area contributed by atoms with Crippen LogP contribution in [0.25, 0.3) is 0 Å². The van der Waals surface area contributed by atoms with Crippen LogP contribution in [-0.2, 0) is 6.54 Å². The third-order valence-electron chi connectivity index (χ3n) is 5.04. The quantitative estimate of drug-likeness (QED) is 0.545. The number of rotatable bonds is 2. The van der Waals surface area contributed by atoms with Gasteiger partial charge >= 0.3 is 0 Å². The number of hydrogen-bond acceptors (Lipinski definition) is 0. The van der Waals surface area contributed by atoms with Gasteiger partial charge in [-0.15, -0.1) is 0 Å². The first-order chi connectivity index (χ1) is 9.28. The van der Waals surface area contributed by atoms with Crippen LogP contribution in [0.2, 0.25) is 0 Å². The van der Waals surface area contributed by atoms with Crippen molar-refractivity contribution in [3.8, 4) is 0 Å². The predicted molar refractivity (Wildman–Crippen MR) is 76.4 cm³/mol. The molecule has 2 aliphatic rings. The molecule has 19 heavy (non-hydrogen) atoms. The van der Waals surface area contributed by atoms with Crippen molar-refractivity contribution in [2.24, 2.45) is 0 Å². The van der Waals surface area contributed by atoms with E-state index in [4.69, 9.17) is 0 Å². The van der Waals surface area contributed by atoms with E-state index >= 15 is 0 Å². The Morgan fingerprint density at radius 2 is 2.00 bits per heavy atom. The zero-order valence-electron chi connectivity index (χ0n) is 12.3. The van der Waals surface area contributed by atoms with Gasteiger partial charge < -0.3 is 15.1 Å². The van der Waals surface area contributed by atoms with Crippen molar-refractivity contribution in [3.63, 3.8) is 0 Å². The topological polar surface area (TPSA) is 25.5 Å². The number of piperazine rings is 1. The summed E-state index contributed by atoms with van der Waals surface area (Å²) >= 11 is 0. The summed E-state index contributed by atoms with van der Waals surface area (Å²) in [6.07, 6.45) is 0. The monoisotopic (exact) mass is 262 g/mol. The van der Waals surface area contributed by atoms with Crippen molar-refractivity contribution in [1.29, 1.82) is 0 Å². The van der Waals surface area contributed by atoms with Crippen LogP contribution in [0.15, 0.2) is 18.2 Å². The second kappa shape index (κ2) is 5.61. The van der Waals surface area contributed by atoms with E-state index in [1.165, 1.54) is 51.4 Å². The summed E-state index contributed by atoms with van der Waals surface area (Å²) in [6, 6.07) is 7.78. The van der Waals surface area contributed by atoms with E-state index in [0.717, 1.165) is 6.04 Å². The molecule has 1 aromatic rings. The highest BCUT2D eigenvalue weighted by atomic mass is 15.3. The number of likely N-dealkylation sites (N-methyl/N-ethyl adjacent to an activating group) is 1. The van der Waals surface area contributed by atoms with Crippen molar-refractivity contribution >= 4 is 0 Å². The Morgan fingerprint density at radius 3 is 2.74 bits per heavy atom. The highest BCUT2D eigenvalue weighted by Crippen LogP contribution is 2.18. The Hall–Kier alpha value is -0.900. The van der Waals surface area contributed by atoms with Crippen LogP contribution in [0.3, 0.4) is 0 Å². The lowest BCUT2D eigenvalue weighted by Gasteiger charge is -2.35. The fraction of sp³-hybridized carbons (Fsp3) is 0.625. The van der Waals surface area contributed by atoms with Gasteiger partial charge in [-0.3, -0.25) is 0 Å². The Kier molecular flexibility index (Phi) is 3.87. The van der Waals surface area contributed by atoms with Crippen molar-refractivity contribution in [2.45, 2.75) is 26.4 Å². The lowest BCUT2D eigenvalue weighted by molar-refractivity contribution is -1.03. The van der Waals surface area contributed by atoms with Gasteiger partial charge in [0.2, 0.25) is 0 Å². The molecule has 0 saturated carbocycles. The molecule has 0 aliphatic carbocycles. The first-order valence-electron chi connectivity index (χ1n) is 7.87. The smallest absolute Gasteiger partial charge is 0.163 e. The molecule has 3 rings (SSSR count). The van der Waals surface area contributed by atoms with Crippen LogP contribution >= 0.6 is 0 Å². The van der Waals surface area contributed by atoms with E-state index in [1.807, 2.05) is 4.90 Å². The molecule has 3 heteroatoms. The van der Waals surface area contributed by atoms with Gasteiger partial charge in [0.25, 0.3) is 0 Å². The van der Waals surface area contributed by atoms with E-state index in [2.05, 4.69) is 37.4 Å². The molecular formula is C16H28N3+3. The number of benzene rings is 1. The SMILES string of the molecule is CC[NH+]1CC[NH+]([C@H]2C[NH2+]Cc3ccc(C)cc32)CC1. The summed E-state index contributed by atoms with van der Waals surface area (Å²) in [5.41, 5.74) is 4.62. The maximum Gasteiger partial charge on any atom is 0.163 e. The largest absolute Gasteiger partial charge is 0.337 e. The Balaban J connectivity index is 1.78. The van der Waals surface area contributed by atoms with Crippen LogP contribution in [0.1, 0.15) is 29.7 Å². The summed E-state index contributed by atoms with van der Waals surface area (Å²) in [4.78, 5) is 3.60. The van der Waals surface area contributed by atoms with Gasteiger partial charge in [0.1, 0.15) is 39.3 Å². The van der Waals surface area contributed by atoms with E-state index < -0.39 is 0 Å². The summed E-state index contributed by atoms with van der Waals surface area (Å²) in [7, 11) is 0. The van der Waals surface area contributed by atoms with Crippen molar-refractivity contribution in [1.82, 2.24) is 0 Å². The zero-order valence-corrected chi connectivity index (χ0v) is 12.3. The second-order valence-electron chi connectivity index (χ2n) is 6.25. The summed E-state index contributed by atoms with van der Waals surface area (Å²) in [5, 5.41) is 2.49. The molecule has 1 aromatic carbocycles. The molecule has 4 N–H and O–H groups in total. The average Bonchev–Trinajstić information content (AvgIpc) is 2.47. The number of nitrogens with two attached hydrogens (primary N) is 1. The zero-order chi connectivity index (χ0) is 13.2. The maximum absolute atomic E-state index is 2.49. The Morgan fingerprint density at radius 1 is 1.21 bits per heavy atom. The molecule has 2 aliphatic heterocycles. The molecule has 0 amide bonds. The van der Waals surface area contributed by atoms with Crippen LogP contribution in [0.5, 0.6) is 0 Å². The number of nitrogens with one attached hydrogen (secondary N) is 2. The van der Waals surface area contributed by atoms with E-state index in [1.54, 1.807) is 16.0 Å². The highest BCUT2D eigenvalue weighted by Gasteiger charge is 2.34. The highest BCUT2D eigenvalue weighted by molar-refractivity contribution is 5.33. The lowest BCUT2D eigenvalue weighted by atomic mass is 9.93. The summed E-state index contributed by atoms with van der Waals surface area (Å²) < 4.78 is 0. The summed E-state index contributed by atoms with van der Waals surface area (Å²) in [6.45, 7) is 13.7. The molecule has 0 spiro atoms. The van der Waals surface area contributed by atoms with Gasteiger partial charge in [0.15, 0.2) is 6.04 Å². The molecule has 0 radical (unpaired) electrons. The molecule has 0 unspecified atom stereocenters. The molecule has 1 atom stereocenters. The van der Waals surface area contributed by atoms with Crippen molar-refractivity contribution in [2.75, 3.05) is 39.3 Å². The number of hydrogen-bond donors (Lipinski definition) is 3. The molecule has 1 fully saturated rings. The van der Waals surface area contributed by atoms with Gasteiger partial charge in [-0.2, -0.15) is 0 Å². The van der Waals surface area contributed by atoms with Gasteiger partial charge in [0, 0.05) is 11.1 Å². The Bertz CT molecular complexity index is 436. The van der Waals surface area contributed by atoms with Gasteiger partial charge in [-0.25, -0.2) is 0 Å². The second-order valence-corrected chi connectivity index (χ2v) is 6.25. The third-order valence-corrected chi connectivity index (χ3v) is 5.04. The number of aryl methyl sites for hydroxylation is 1. The van der Waals surface area contributed by atoms with E-state index in [0.29, 0.717) is 0 Å².